The van der Waals surface area contributed by atoms with Crippen molar-refractivity contribution in [1.29, 1.82) is 0 Å². The predicted molar refractivity (Wildman–Crippen MR) is 76.9 cm³/mol. The molecule has 2 N–H and O–H groups in total. The molecule has 1 aromatic carbocycles. The lowest BCUT2D eigenvalue weighted by molar-refractivity contribution is 0.941. The maximum atomic E-state index is 5.77. The molecule has 2 rings (SSSR count). The minimum Gasteiger partial charge on any atom is -0.326 e. The largest absolute Gasteiger partial charge is 0.326 e. The molecule has 0 saturated carbocycles. The molecule has 1 aromatic heterocycles. The average Bonchev–Trinajstić information content (AvgIpc) is 2.34. The first-order chi connectivity index (χ1) is 8.60. The standard InChI is InChI=1S/C15H18N2S/c1-10-4-5-11(2)14(8-10)18-15-13(9-16)7-6-12(3)17-15/h4-8H,9,16H2,1-3H3. The zero-order chi connectivity index (χ0) is 13.1. The smallest absolute Gasteiger partial charge is 0.106 e. The molecular formula is C15H18N2S. The van der Waals surface area contributed by atoms with Crippen LogP contribution in [-0.2, 0) is 6.54 Å². The number of pyridine rings is 1. The van der Waals surface area contributed by atoms with Crippen molar-refractivity contribution in [3.8, 4) is 0 Å². The van der Waals surface area contributed by atoms with Crippen molar-refractivity contribution in [3.05, 3.63) is 52.7 Å². The Balaban J connectivity index is 2.38. The van der Waals surface area contributed by atoms with Crippen LogP contribution in [0.4, 0.5) is 0 Å². The maximum absolute atomic E-state index is 5.77. The lowest BCUT2D eigenvalue weighted by Gasteiger charge is -2.10. The van der Waals surface area contributed by atoms with Crippen molar-refractivity contribution in [2.24, 2.45) is 5.73 Å². The molecule has 0 aliphatic carbocycles. The number of nitrogens with two attached hydrogens (primary N) is 1. The van der Waals surface area contributed by atoms with Gasteiger partial charge in [0.25, 0.3) is 0 Å². The van der Waals surface area contributed by atoms with Gasteiger partial charge >= 0.3 is 0 Å². The molecule has 0 saturated heterocycles. The van der Waals surface area contributed by atoms with Gasteiger partial charge in [-0.2, -0.15) is 0 Å². The SMILES string of the molecule is Cc1ccc(C)c(Sc2nc(C)ccc2CN)c1. The van der Waals surface area contributed by atoms with Crippen LogP contribution in [0.25, 0.3) is 0 Å². The van der Waals surface area contributed by atoms with Gasteiger partial charge in [0, 0.05) is 17.1 Å². The van der Waals surface area contributed by atoms with Crippen LogP contribution < -0.4 is 5.73 Å². The molecule has 0 spiro atoms. The molecule has 0 fully saturated rings. The Morgan fingerprint density at radius 3 is 2.61 bits per heavy atom. The lowest BCUT2D eigenvalue weighted by Crippen LogP contribution is -2.01. The zero-order valence-electron chi connectivity index (χ0n) is 11.0. The maximum Gasteiger partial charge on any atom is 0.106 e. The summed E-state index contributed by atoms with van der Waals surface area (Å²) >= 11 is 1.70. The van der Waals surface area contributed by atoms with Crippen LogP contribution in [0.5, 0.6) is 0 Å². The molecule has 2 aromatic rings. The topological polar surface area (TPSA) is 38.9 Å². The summed E-state index contributed by atoms with van der Waals surface area (Å²) in [5.74, 6) is 0. The molecule has 0 atom stereocenters. The van der Waals surface area contributed by atoms with Crippen molar-refractivity contribution < 1.29 is 0 Å². The first kappa shape index (κ1) is 13.1. The van der Waals surface area contributed by atoms with E-state index in [1.165, 1.54) is 16.0 Å². The van der Waals surface area contributed by atoms with E-state index >= 15 is 0 Å². The highest BCUT2D eigenvalue weighted by molar-refractivity contribution is 7.99. The number of hydrogen-bond donors (Lipinski definition) is 1. The third-order valence-corrected chi connectivity index (χ3v) is 4.06. The van der Waals surface area contributed by atoms with Crippen LogP contribution in [0.3, 0.4) is 0 Å². The summed E-state index contributed by atoms with van der Waals surface area (Å²) in [4.78, 5) is 5.85. The average molecular weight is 258 g/mol. The van der Waals surface area contributed by atoms with E-state index in [1.54, 1.807) is 11.8 Å². The van der Waals surface area contributed by atoms with Crippen LogP contribution in [-0.4, -0.2) is 4.98 Å². The second-order valence-corrected chi connectivity index (χ2v) is 5.52. The molecule has 0 unspecified atom stereocenters. The summed E-state index contributed by atoms with van der Waals surface area (Å²) < 4.78 is 0. The van der Waals surface area contributed by atoms with Crippen LogP contribution in [0, 0.1) is 20.8 Å². The number of nitrogens with zero attached hydrogens (tertiary/aromatic N) is 1. The predicted octanol–water partition coefficient (Wildman–Crippen LogP) is 3.62. The Hall–Kier alpha value is -1.32. The van der Waals surface area contributed by atoms with Gasteiger partial charge in [0.15, 0.2) is 0 Å². The van der Waals surface area contributed by atoms with Crippen molar-refractivity contribution >= 4 is 11.8 Å². The van der Waals surface area contributed by atoms with Gasteiger partial charge in [-0.05, 0) is 49.6 Å². The molecule has 0 aliphatic heterocycles. The van der Waals surface area contributed by atoms with Gasteiger partial charge in [0.05, 0.1) is 0 Å². The Morgan fingerprint density at radius 2 is 1.89 bits per heavy atom. The molecule has 0 bridgehead atoms. The summed E-state index contributed by atoms with van der Waals surface area (Å²) in [5, 5.41) is 1.02. The van der Waals surface area contributed by atoms with Crippen molar-refractivity contribution in [2.45, 2.75) is 37.2 Å². The third kappa shape index (κ3) is 2.92. The highest BCUT2D eigenvalue weighted by atomic mass is 32.2. The molecule has 3 heteroatoms. The fourth-order valence-electron chi connectivity index (χ4n) is 1.73. The van der Waals surface area contributed by atoms with E-state index < -0.39 is 0 Å². The van der Waals surface area contributed by atoms with Gasteiger partial charge < -0.3 is 5.73 Å². The van der Waals surface area contributed by atoms with Crippen LogP contribution in [0.15, 0.2) is 40.3 Å². The van der Waals surface area contributed by atoms with Crippen molar-refractivity contribution in [2.75, 3.05) is 0 Å². The number of hydrogen-bond acceptors (Lipinski definition) is 3. The minimum atomic E-state index is 0.528. The zero-order valence-corrected chi connectivity index (χ0v) is 11.8. The summed E-state index contributed by atoms with van der Waals surface area (Å²) in [6.45, 7) is 6.77. The second kappa shape index (κ2) is 5.55. The number of aromatic nitrogens is 1. The van der Waals surface area contributed by atoms with Gasteiger partial charge in [0.2, 0.25) is 0 Å². The molecular weight excluding hydrogens is 240 g/mol. The highest BCUT2D eigenvalue weighted by Crippen LogP contribution is 2.31. The Bertz CT molecular complexity index is 564. The Labute approximate surface area is 113 Å². The van der Waals surface area contributed by atoms with Gasteiger partial charge in [-0.3, -0.25) is 0 Å². The highest BCUT2D eigenvalue weighted by Gasteiger charge is 2.07. The van der Waals surface area contributed by atoms with E-state index in [-0.39, 0.29) is 0 Å². The molecule has 0 radical (unpaired) electrons. The number of benzene rings is 1. The molecule has 94 valence electrons. The number of rotatable bonds is 3. The molecule has 0 amide bonds. The number of aryl methyl sites for hydroxylation is 3. The van der Waals surface area contributed by atoms with Gasteiger partial charge in [-0.25, -0.2) is 4.98 Å². The molecule has 1 heterocycles. The summed E-state index contributed by atoms with van der Waals surface area (Å²) in [6, 6.07) is 10.6. The molecule has 18 heavy (non-hydrogen) atoms. The summed E-state index contributed by atoms with van der Waals surface area (Å²) in [7, 11) is 0. The Kier molecular flexibility index (Phi) is 4.04. The fourth-order valence-corrected chi connectivity index (χ4v) is 2.88. The minimum absolute atomic E-state index is 0.528. The van der Waals surface area contributed by atoms with Gasteiger partial charge in [0.1, 0.15) is 5.03 Å². The lowest BCUT2D eigenvalue weighted by atomic mass is 10.2. The quantitative estimate of drug-likeness (QED) is 0.914. The van der Waals surface area contributed by atoms with E-state index in [0.29, 0.717) is 6.54 Å². The monoisotopic (exact) mass is 258 g/mol. The van der Waals surface area contributed by atoms with Crippen LogP contribution in [0.2, 0.25) is 0 Å². The molecule has 0 aliphatic rings. The second-order valence-electron chi connectivity index (χ2n) is 4.49. The van der Waals surface area contributed by atoms with Crippen molar-refractivity contribution in [1.82, 2.24) is 4.98 Å². The van der Waals surface area contributed by atoms with E-state index in [2.05, 4.69) is 43.1 Å². The van der Waals surface area contributed by atoms with E-state index in [4.69, 9.17) is 5.73 Å². The first-order valence-corrected chi connectivity index (χ1v) is 6.83. The van der Waals surface area contributed by atoms with Crippen molar-refractivity contribution in [3.63, 3.8) is 0 Å². The van der Waals surface area contributed by atoms with E-state index in [0.717, 1.165) is 16.3 Å². The molecule has 2 nitrogen and oxygen atoms in total. The fraction of sp³-hybridized carbons (Fsp3) is 0.267. The summed E-state index contributed by atoms with van der Waals surface area (Å²) in [6.07, 6.45) is 0. The van der Waals surface area contributed by atoms with E-state index in [1.807, 2.05) is 13.0 Å². The van der Waals surface area contributed by atoms with E-state index in [9.17, 15) is 0 Å². The summed E-state index contributed by atoms with van der Waals surface area (Å²) in [5.41, 5.74) is 10.4. The van der Waals surface area contributed by atoms with Crippen LogP contribution in [0.1, 0.15) is 22.4 Å². The normalized spacial score (nSPS) is 10.7. The first-order valence-electron chi connectivity index (χ1n) is 6.02. The van der Waals surface area contributed by atoms with Gasteiger partial charge in [-0.15, -0.1) is 0 Å². The third-order valence-electron chi connectivity index (χ3n) is 2.85. The van der Waals surface area contributed by atoms with Gasteiger partial charge in [-0.1, -0.05) is 30.0 Å². The van der Waals surface area contributed by atoms with Crippen LogP contribution >= 0.6 is 11.8 Å². The Morgan fingerprint density at radius 1 is 1.11 bits per heavy atom.